The average Bonchev–Trinajstić information content (AvgIpc) is 2.60. The minimum absolute atomic E-state index is 0.0774. The van der Waals surface area contributed by atoms with E-state index in [1.807, 2.05) is 24.5 Å². The van der Waals surface area contributed by atoms with E-state index in [0.29, 0.717) is 12.8 Å². The number of hydrogen-bond donors (Lipinski definition) is 0. The van der Waals surface area contributed by atoms with E-state index in [1.54, 1.807) is 11.5 Å². The zero-order chi connectivity index (χ0) is 12.5. The van der Waals surface area contributed by atoms with Gasteiger partial charge in [-0.1, -0.05) is 0 Å². The van der Waals surface area contributed by atoms with Crippen LogP contribution in [0.25, 0.3) is 0 Å². The molecule has 0 radical (unpaired) electrons. The summed E-state index contributed by atoms with van der Waals surface area (Å²) in [4.78, 5) is 23.2. The zero-order valence-corrected chi connectivity index (χ0v) is 11.1. The van der Waals surface area contributed by atoms with Crippen LogP contribution in [0.15, 0.2) is 29.0 Å². The fourth-order valence-electron chi connectivity index (χ4n) is 1.81. The van der Waals surface area contributed by atoms with Crippen molar-refractivity contribution in [3.05, 3.63) is 29.0 Å². The Morgan fingerprint density at radius 1 is 1.65 bits per heavy atom. The first kappa shape index (κ1) is 12.2. The number of pyridine rings is 1. The molecule has 0 saturated carbocycles. The zero-order valence-electron chi connectivity index (χ0n) is 9.48. The van der Waals surface area contributed by atoms with Crippen molar-refractivity contribution in [1.82, 2.24) is 0 Å². The predicted molar refractivity (Wildman–Crippen MR) is 63.1 cm³/mol. The fourth-order valence-corrected chi connectivity index (χ4v) is 2.23. The van der Waals surface area contributed by atoms with Gasteiger partial charge in [-0.05, 0) is 28.9 Å². The number of cyclic esters (lactones) is 1. The maximum Gasteiger partial charge on any atom is 0.306 e. The molecule has 0 aromatic carbocycles. The largest absolute Gasteiger partial charge is 0.451 e. The molecule has 2 rings (SSSR count). The predicted octanol–water partition coefficient (Wildman–Crippen LogP) is 1.40. The van der Waals surface area contributed by atoms with Gasteiger partial charge in [0.2, 0.25) is 12.3 Å². The van der Waals surface area contributed by atoms with E-state index < -0.39 is 5.60 Å². The van der Waals surface area contributed by atoms with Crippen LogP contribution in [0.5, 0.6) is 0 Å². The Morgan fingerprint density at radius 3 is 3.00 bits per heavy atom. The lowest BCUT2D eigenvalue weighted by atomic mass is 9.97. The number of carbonyl (C=O) groups is 2. The van der Waals surface area contributed by atoms with Crippen molar-refractivity contribution >= 4 is 27.7 Å². The third kappa shape index (κ3) is 2.72. The average molecular weight is 299 g/mol. The third-order valence-electron chi connectivity index (χ3n) is 2.88. The Hall–Kier alpha value is -1.23. The van der Waals surface area contributed by atoms with Gasteiger partial charge in [0.15, 0.2) is 18.0 Å². The van der Waals surface area contributed by atoms with Gasteiger partial charge in [0.25, 0.3) is 0 Å². The number of aromatic nitrogens is 1. The van der Waals surface area contributed by atoms with Crippen molar-refractivity contribution in [3.63, 3.8) is 0 Å². The highest BCUT2D eigenvalue weighted by Gasteiger charge is 2.43. The number of carbonyl (C=O) groups excluding carboxylic acids is 2. The number of ether oxygens (including phenoxy) is 1. The molecule has 17 heavy (non-hydrogen) atoms. The first-order valence-corrected chi connectivity index (χ1v) is 6.19. The summed E-state index contributed by atoms with van der Waals surface area (Å²) in [6, 6.07) is 3.73. The van der Waals surface area contributed by atoms with Crippen molar-refractivity contribution < 1.29 is 18.9 Å². The van der Waals surface area contributed by atoms with Gasteiger partial charge in [-0.25, -0.2) is 0 Å². The normalized spacial score (nSPS) is 23.5. The summed E-state index contributed by atoms with van der Waals surface area (Å²) < 4.78 is 7.77. The molecule has 1 aromatic heterocycles. The minimum Gasteiger partial charge on any atom is -0.451 e. The van der Waals surface area contributed by atoms with Gasteiger partial charge in [0.05, 0.1) is 4.47 Å². The Morgan fingerprint density at radius 2 is 2.41 bits per heavy atom. The van der Waals surface area contributed by atoms with E-state index in [2.05, 4.69) is 15.9 Å². The molecule has 1 aliphatic heterocycles. The first-order valence-electron chi connectivity index (χ1n) is 5.39. The monoisotopic (exact) mass is 298 g/mol. The van der Waals surface area contributed by atoms with Crippen LogP contribution < -0.4 is 4.57 Å². The van der Waals surface area contributed by atoms with Crippen LogP contribution in [-0.4, -0.2) is 17.4 Å². The molecule has 2 heterocycles. The van der Waals surface area contributed by atoms with Gasteiger partial charge in [-0.3, -0.25) is 9.59 Å². The fraction of sp³-hybridized carbons (Fsp3) is 0.417. The summed E-state index contributed by atoms with van der Waals surface area (Å²) in [5.41, 5.74) is -0.952. The second-order valence-corrected chi connectivity index (χ2v) is 5.24. The lowest BCUT2D eigenvalue weighted by Crippen LogP contribution is -2.46. The van der Waals surface area contributed by atoms with Crippen LogP contribution in [0.3, 0.4) is 0 Å². The van der Waals surface area contributed by atoms with Gasteiger partial charge >= 0.3 is 5.97 Å². The maximum atomic E-state index is 12.1. The molecular formula is C12H13BrNO3+. The number of ketones is 1. The number of hydrogen-bond acceptors (Lipinski definition) is 3. The summed E-state index contributed by atoms with van der Waals surface area (Å²) in [5, 5.41) is 0. The summed E-state index contributed by atoms with van der Waals surface area (Å²) in [6.45, 7) is 1.89. The highest BCUT2D eigenvalue weighted by atomic mass is 79.9. The molecule has 0 bridgehead atoms. The quantitative estimate of drug-likeness (QED) is 0.626. The molecule has 4 nitrogen and oxygen atoms in total. The summed E-state index contributed by atoms with van der Waals surface area (Å²) in [6.07, 6.45) is 4.42. The van der Waals surface area contributed by atoms with Crippen molar-refractivity contribution in [2.45, 2.75) is 31.9 Å². The van der Waals surface area contributed by atoms with Crippen LogP contribution >= 0.6 is 15.9 Å². The van der Waals surface area contributed by atoms with Crippen LogP contribution in [0.2, 0.25) is 0 Å². The minimum atomic E-state index is -0.952. The molecule has 0 aliphatic carbocycles. The van der Waals surface area contributed by atoms with Crippen molar-refractivity contribution in [1.29, 1.82) is 0 Å². The molecule has 1 atom stereocenters. The first-order chi connectivity index (χ1) is 7.99. The van der Waals surface area contributed by atoms with Gasteiger partial charge in [0.1, 0.15) is 0 Å². The topological polar surface area (TPSA) is 47.2 Å². The van der Waals surface area contributed by atoms with E-state index in [9.17, 15) is 9.59 Å². The van der Waals surface area contributed by atoms with Gasteiger partial charge in [-0.2, -0.15) is 4.57 Å². The summed E-state index contributed by atoms with van der Waals surface area (Å²) in [5.74, 6) is -0.369. The number of rotatable bonds is 3. The van der Waals surface area contributed by atoms with E-state index in [4.69, 9.17) is 4.74 Å². The molecule has 5 heteroatoms. The maximum absolute atomic E-state index is 12.1. The number of nitrogens with zero attached hydrogens (tertiary/aromatic N) is 1. The molecule has 1 saturated heterocycles. The molecule has 0 unspecified atom stereocenters. The van der Waals surface area contributed by atoms with E-state index in [-0.39, 0.29) is 18.3 Å². The number of esters is 1. The molecule has 0 spiro atoms. The Balaban J connectivity index is 2.09. The lowest BCUT2D eigenvalue weighted by molar-refractivity contribution is -0.685. The SMILES string of the molecule is C[C@]1(C(=O)C[n+]2cccc(Br)c2)CCC(=O)O1. The van der Waals surface area contributed by atoms with Crippen molar-refractivity contribution in [2.75, 3.05) is 0 Å². The summed E-state index contributed by atoms with van der Waals surface area (Å²) >= 11 is 3.34. The number of halogens is 1. The van der Waals surface area contributed by atoms with E-state index in [0.717, 1.165) is 4.47 Å². The number of Topliss-reactive ketones (excluding diaryl/α,β-unsaturated/α-hetero) is 1. The smallest absolute Gasteiger partial charge is 0.306 e. The van der Waals surface area contributed by atoms with Crippen LogP contribution in [-0.2, 0) is 20.9 Å². The standard InChI is InChI=1S/C12H13BrNO3/c1-12(5-4-11(16)17-12)10(15)8-14-6-2-3-9(13)7-14/h2-3,6-7H,4-5,8H2,1H3/q+1/t12-/m1/s1. The Kier molecular flexibility index (Phi) is 3.28. The molecule has 1 fully saturated rings. The van der Waals surface area contributed by atoms with E-state index >= 15 is 0 Å². The lowest BCUT2D eigenvalue weighted by Gasteiger charge is -2.18. The van der Waals surface area contributed by atoms with Gasteiger partial charge in [0, 0.05) is 18.9 Å². The van der Waals surface area contributed by atoms with Crippen LogP contribution in [0.4, 0.5) is 0 Å². The molecule has 0 N–H and O–H groups in total. The van der Waals surface area contributed by atoms with E-state index in [1.165, 1.54) is 0 Å². The van der Waals surface area contributed by atoms with Crippen molar-refractivity contribution in [3.8, 4) is 0 Å². The third-order valence-corrected chi connectivity index (χ3v) is 3.35. The highest BCUT2D eigenvalue weighted by Crippen LogP contribution is 2.27. The highest BCUT2D eigenvalue weighted by molar-refractivity contribution is 9.10. The van der Waals surface area contributed by atoms with Crippen LogP contribution in [0, 0.1) is 0 Å². The van der Waals surface area contributed by atoms with Gasteiger partial charge < -0.3 is 4.74 Å². The molecular weight excluding hydrogens is 286 g/mol. The molecule has 0 amide bonds. The summed E-state index contributed by atoms with van der Waals surface area (Å²) in [7, 11) is 0. The Labute approximate surface area is 108 Å². The molecule has 90 valence electrons. The Bertz CT molecular complexity index is 475. The van der Waals surface area contributed by atoms with Gasteiger partial charge in [-0.15, -0.1) is 0 Å². The molecule has 1 aromatic rings. The van der Waals surface area contributed by atoms with Crippen LogP contribution in [0.1, 0.15) is 19.8 Å². The molecule has 1 aliphatic rings. The second-order valence-electron chi connectivity index (χ2n) is 4.32. The second kappa shape index (κ2) is 4.56. The van der Waals surface area contributed by atoms with Crippen molar-refractivity contribution in [2.24, 2.45) is 0 Å².